The molecule has 0 unspecified atom stereocenters. The Labute approximate surface area is 106 Å². The maximum absolute atomic E-state index is 14.0. The van der Waals surface area contributed by atoms with Gasteiger partial charge in [0.15, 0.2) is 5.84 Å². The topological polar surface area (TPSA) is 61.8 Å². The summed E-state index contributed by atoms with van der Waals surface area (Å²) in [6, 6.07) is 5.06. The van der Waals surface area contributed by atoms with E-state index in [0.717, 1.165) is 12.8 Å². The average Bonchev–Trinajstić information content (AvgIpc) is 2.90. The summed E-state index contributed by atoms with van der Waals surface area (Å²) in [5.41, 5.74) is 6.38. The van der Waals surface area contributed by atoms with Crippen molar-refractivity contribution in [2.75, 3.05) is 11.9 Å². The number of amidine groups is 1. The van der Waals surface area contributed by atoms with E-state index in [2.05, 4.69) is 5.16 Å². The summed E-state index contributed by atoms with van der Waals surface area (Å²) in [7, 11) is 1.91. The second kappa shape index (κ2) is 5.25. The quantitative estimate of drug-likeness (QED) is 0.375. The number of nitrogens with two attached hydrogens (primary N) is 1. The first-order chi connectivity index (χ1) is 8.63. The van der Waals surface area contributed by atoms with Crippen molar-refractivity contribution in [1.29, 1.82) is 0 Å². The molecule has 1 aromatic carbocycles. The molecule has 0 aromatic heterocycles. The van der Waals surface area contributed by atoms with Crippen LogP contribution < -0.4 is 10.6 Å². The molecular formula is C13H18FN3O. The van der Waals surface area contributed by atoms with E-state index in [4.69, 9.17) is 10.9 Å². The fourth-order valence-electron chi connectivity index (χ4n) is 2.50. The molecule has 18 heavy (non-hydrogen) atoms. The third-order valence-electron chi connectivity index (χ3n) is 3.60. The molecule has 1 fully saturated rings. The van der Waals surface area contributed by atoms with Crippen molar-refractivity contribution in [1.82, 2.24) is 0 Å². The molecule has 0 spiro atoms. The normalized spacial score (nSPS) is 17.1. The SMILES string of the molecule is CN(c1ccc(/C(N)=N/O)cc1F)C1CCCC1. The second-order valence-electron chi connectivity index (χ2n) is 4.70. The lowest BCUT2D eigenvalue weighted by Gasteiger charge is -2.27. The number of benzene rings is 1. The molecule has 0 heterocycles. The van der Waals surface area contributed by atoms with Crippen molar-refractivity contribution >= 4 is 11.5 Å². The standard InChI is InChI=1S/C13H18FN3O/c1-17(10-4-2-3-5-10)12-7-6-9(8-11(12)14)13(15)16-18/h6-8,10,18H,2-5H2,1H3,(H2,15,16). The van der Waals surface area contributed by atoms with E-state index in [1.165, 1.54) is 18.9 Å². The lowest BCUT2D eigenvalue weighted by Crippen LogP contribution is -2.29. The largest absolute Gasteiger partial charge is 0.409 e. The maximum Gasteiger partial charge on any atom is 0.170 e. The molecule has 4 nitrogen and oxygen atoms in total. The van der Waals surface area contributed by atoms with Crippen LogP contribution in [0.2, 0.25) is 0 Å². The fourth-order valence-corrected chi connectivity index (χ4v) is 2.50. The molecule has 0 amide bonds. The predicted molar refractivity (Wildman–Crippen MR) is 69.6 cm³/mol. The molecule has 0 bridgehead atoms. The maximum atomic E-state index is 14.0. The Morgan fingerprint density at radius 1 is 1.44 bits per heavy atom. The van der Waals surface area contributed by atoms with E-state index in [0.29, 0.717) is 17.3 Å². The molecule has 1 aliphatic rings. The summed E-state index contributed by atoms with van der Waals surface area (Å²) in [6.45, 7) is 0. The second-order valence-corrected chi connectivity index (χ2v) is 4.70. The van der Waals surface area contributed by atoms with Crippen molar-refractivity contribution in [3.8, 4) is 0 Å². The Bertz CT molecular complexity index is 456. The predicted octanol–water partition coefficient (Wildman–Crippen LogP) is 2.30. The molecule has 5 heteroatoms. The van der Waals surface area contributed by atoms with Gasteiger partial charge in [-0.15, -0.1) is 0 Å². The van der Waals surface area contributed by atoms with Crippen LogP contribution in [0.15, 0.2) is 23.4 Å². The minimum Gasteiger partial charge on any atom is -0.409 e. The van der Waals surface area contributed by atoms with E-state index >= 15 is 0 Å². The van der Waals surface area contributed by atoms with Gasteiger partial charge in [-0.2, -0.15) is 0 Å². The summed E-state index contributed by atoms with van der Waals surface area (Å²) >= 11 is 0. The zero-order valence-corrected chi connectivity index (χ0v) is 10.4. The molecule has 1 saturated carbocycles. The minimum absolute atomic E-state index is 0.0797. The highest BCUT2D eigenvalue weighted by atomic mass is 19.1. The first kappa shape index (κ1) is 12.7. The van der Waals surface area contributed by atoms with Gasteiger partial charge in [0.05, 0.1) is 5.69 Å². The fraction of sp³-hybridized carbons (Fsp3) is 0.462. The Kier molecular flexibility index (Phi) is 3.69. The minimum atomic E-state index is -0.339. The van der Waals surface area contributed by atoms with Crippen LogP contribution in [0.3, 0.4) is 0 Å². The van der Waals surface area contributed by atoms with Gasteiger partial charge in [0, 0.05) is 18.7 Å². The van der Waals surface area contributed by atoms with Gasteiger partial charge >= 0.3 is 0 Å². The first-order valence-corrected chi connectivity index (χ1v) is 6.13. The summed E-state index contributed by atoms with van der Waals surface area (Å²) in [5, 5.41) is 11.4. The van der Waals surface area contributed by atoms with Crippen molar-refractivity contribution in [3.05, 3.63) is 29.6 Å². The van der Waals surface area contributed by atoms with Crippen LogP contribution >= 0.6 is 0 Å². The van der Waals surface area contributed by atoms with Crippen molar-refractivity contribution in [2.45, 2.75) is 31.7 Å². The highest BCUT2D eigenvalue weighted by Crippen LogP contribution is 2.28. The molecule has 0 atom stereocenters. The lowest BCUT2D eigenvalue weighted by molar-refractivity contribution is 0.318. The Hall–Kier alpha value is -1.78. The molecule has 0 radical (unpaired) electrons. The van der Waals surface area contributed by atoms with Gasteiger partial charge in [0.2, 0.25) is 0 Å². The molecule has 1 aliphatic carbocycles. The monoisotopic (exact) mass is 251 g/mol. The number of nitrogens with zero attached hydrogens (tertiary/aromatic N) is 2. The highest BCUT2D eigenvalue weighted by molar-refractivity contribution is 5.97. The number of anilines is 1. The molecule has 2 rings (SSSR count). The van der Waals surface area contributed by atoms with E-state index in [1.54, 1.807) is 12.1 Å². The van der Waals surface area contributed by atoms with Gasteiger partial charge in [-0.1, -0.05) is 18.0 Å². The molecule has 1 aromatic rings. The summed E-state index contributed by atoms with van der Waals surface area (Å²) < 4.78 is 14.0. The molecular weight excluding hydrogens is 233 g/mol. The lowest BCUT2D eigenvalue weighted by atomic mass is 10.1. The van der Waals surface area contributed by atoms with E-state index < -0.39 is 0 Å². The number of hydrogen-bond acceptors (Lipinski definition) is 3. The highest BCUT2D eigenvalue weighted by Gasteiger charge is 2.22. The Balaban J connectivity index is 2.23. The molecule has 3 N–H and O–H groups in total. The Morgan fingerprint density at radius 2 is 2.11 bits per heavy atom. The molecule has 0 saturated heterocycles. The van der Waals surface area contributed by atoms with Crippen LogP contribution in [0.5, 0.6) is 0 Å². The zero-order chi connectivity index (χ0) is 13.1. The van der Waals surface area contributed by atoms with Gasteiger partial charge in [0.1, 0.15) is 5.82 Å². The smallest absolute Gasteiger partial charge is 0.170 e. The third kappa shape index (κ3) is 2.39. The summed E-state index contributed by atoms with van der Waals surface area (Å²) in [4.78, 5) is 1.98. The van der Waals surface area contributed by atoms with Crippen LogP contribution in [-0.4, -0.2) is 24.1 Å². The van der Waals surface area contributed by atoms with Crippen LogP contribution in [-0.2, 0) is 0 Å². The molecule has 98 valence electrons. The van der Waals surface area contributed by atoms with Gasteiger partial charge in [-0.25, -0.2) is 4.39 Å². The van der Waals surface area contributed by atoms with Crippen LogP contribution in [0, 0.1) is 5.82 Å². The zero-order valence-electron chi connectivity index (χ0n) is 10.4. The van der Waals surface area contributed by atoms with Gasteiger partial charge in [-0.3, -0.25) is 0 Å². The summed E-state index contributed by atoms with van der Waals surface area (Å²) in [6.07, 6.45) is 4.63. The van der Waals surface area contributed by atoms with E-state index in [9.17, 15) is 4.39 Å². The van der Waals surface area contributed by atoms with Gasteiger partial charge < -0.3 is 15.8 Å². The van der Waals surface area contributed by atoms with Crippen molar-refractivity contribution in [3.63, 3.8) is 0 Å². The number of hydrogen-bond donors (Lipinski definition) is 2. The number of oxime groups is 1. The average molecular weight is 251 g/mol. The number of rotatable bonds is 3. The third-order valence-corrected chi connectivity index (χ3v) is 3.60. The van der Waals surface area contributed by atoms with Crippen LogP contribution in [0.1, 0.15) is 31.2 Å². The Morgan fingerprint density at radius 3 is 2.67 bits per heavy atom. The van der Waals surface area contributed by atoms with E-state index in [1.807, 2.05) is 11.9 Å². The first-order valence-electron chi connectivity index (χ1n) is 6.13. The number of halogens is 1. The van der Waals surface area contributed by atoms with Gasteiger partial charge in [0.25, 0.3) is 0 Å². The van der Waals surface area contributed by atoms with Crippen LogP contribution in [0.4, 0.5) is 10.1 Å². The van der Waals surface area contributed by atoms with Crippen molar-refractivity contribution in [2.24, 2.45) is 10.9 Å². The summed E-state index contributed by atoms with van der Waals surface area (Å²) in [5.74, 6) is -0.419. The van der Waals surface area contributed by atoms with Gasteiger partial charge in [-0.05, 0) is 31.0 Å². The van der Waals surface area contributed by atoms with Crippen molar-refractivity contribution < 1.29 is 9.60 Å². The van der Waals surface area contributed by atoms with E-state index in [-0.39, 0.29) is 11.7 Å². The molecule has 0 aliphatic heterocycles. The van der Waals surface area contributed by atoms with Crippen LogP contribution in [0.25, 0.3) is 0 Å².